The van der Waals surface area contributed by atoms with Crippen LogP contribution in [0.15, 0.2) is 122 Å². The molecule has 0 radical (unpaired) electrons. The van der Waals surface area contributed by atoms with E-state index < -0.39 is 0 Å². The van der Waals surface area contributed by atoms with Gasteiger partial charge >= 0.3 is 0 Å². The summed E-state index contributed by atoms with van der Waals surface area (Å²) in [5, 5.41) is 3.87. The zero-order valence-electron chi connectivity index (χ0n) is 22.9. The molecule has 7 rings (SSSR count). The van der Waals surface area contributed by atoms with Crippen molar-refractivity contribution in [3.63, 3.8) is 0 Å². The van der Waals surface area contributed by atoms with Gasteiger partial charge in [0.1, 0.15) is 0 Å². The molecule has 198 valence electrons. The number of benzene rings is 4. The van der Waals surface area contributed by atoms with E-state index in [0.29, 0.717) is 22.3 Å². The molecule has 5 heteroatoms. The number of amides is 2. The Morgan fingerprint density at radius 3 is 1.95 bits per heavy atom. The predicted molar refractivity (Wildman–Crippen MR) is 168 cm³/mol. The molecular formula is C36H27N3O2. The largest absolute Gasteiger partial charge is 0.308 e. The lowest BCUT2D eigenvalue weighted by molar-refractivity contribution is 0.0706. The second-order valence-corrected chi connectivity index (χ2v) is 10.2. The lowest BCUT2D eigenvalue weighted by Gasteiger charge is -2.13. The molecule has 0 N–H and O–H groups in total. The molecule has 0 saturated heterocycles. The number of imide groups is 1. The summed E-state index contributed by atoms with van der Waals surface area (Å²) in [4.78, 5) is 29.8. The molecule has 0 fully saturated rings. The second kappa shape index (κ2) is 9.07. The molecule has 2 aromatic heterocycles. The van der Waals surface area contributed by atoms with Gasteiger partial charge < -0.3 is 9.13 Å². The van der Waals surface area contributed by atoms with E-state index in [1.54, 1.807) is 13.0 Å². The van der Waals surface area contributed by atoms with Crippen molar-refractivity contribution in [1.82, 2.24) is 14.0 Å². The average Bonchev–Trinajstić information content (AvgIpc) is 3.59. The minimum atomic E-state index is -0.368. The first-order chi connectivity index (χ1) is 20.0. The molecule has 1 aliphatic heterocycles. The summed E-state index contributed by atoms with van der Waals surface area (Å²) < 4.78 is 4.18. The van der Waals surface area contributed by atoms with Crippen LogP contribution in [0.4, 0.5) is 0 Å². The number of rotatable bonds is 5. The Balaban J connectivity index is 1.86. The highest BCUT2D eigenvalue weighted by Gasteiger charge is 2.43. The van der Waals surface area contributed by atoms with Gasteiger partial charge in [-0.05, 0) is 50.3 Å². The zero-order chi connectivity index (χ0) is 28.4. The Labute approximate surface area is 237 Å². The number of fused-ring (bicyclic) bond motifs is 10. The van der Waals surface area contributed by atoms with Crippen molar-refractivity contribution in [3.8, 4) is 5.69 Å². The summed E-state index contributed by atoms with van der Waals surface area (Å²) in [5.41, 5.74) is 6.18. The molecule has 2 amide bonds. The highest BCUT2D eigenvalue weighted by Crippen LogP contribution is 2.48. The van der Waals surface area contributed by atoms with E-state index in [1.807, 2.05) is 79.7 Å². The average molecular weight is 534 g/mol. The van der Waals surface area contributed by atoms with Gasteiger partial charge in [-0.3, -0.25) is 9.59 Å². The molecule has 0 bridgehead atoms. The Morgan fingerprint density at radius 1 is 0.756 bits per heavy atom. The first-order valence-corrected chi connectivity index (χ1v) is 13.6. The van der Waals surface area contributed by atoms with Crippen LogP contribution in [0.2, 0.25) is 0 Å². The molecule has 5 nitrogen and oxygen atoms in total. The summed E-state index contributed by atoms with van der Waals surface area (Å²) in [6, 6.07) is 26.3. The molecule has 0 spiro atoms. The maximum Gasteiger partial charge on any atom is 0.268 e. The van der Waals surface area contributed by atoms with E-state index in [4.69, 9.17) is 0 Å². The van der Waals surface area contributed by atoms with Gasteiger partial charge in [0.25, 0.3) is 11.8 Å². The smallest absolute Gasteiger partial charge is 0.268 e. The van der Waals surface area contributed by atoms with Gasteiger partial charge in [-0.1, -0.05) is 79.9 Å². The van der Waals surface area contributed by atoms with Crippen molar-refractivity contribution < 1.29 is 9.59 Å². The predicted octanol–water partition coefficient (Wildman–Crippen LogP) is 8.62. The number of carbonyl (C=O) groups is 2. The third-order valence-electron chi connectivity index (χ3n) is 7.88. The second-order valence-electron chi connectivity index (χ2n) is 10.2. The molecule has 0 atom stereocenters. The molecule has 0 aliphatic carbocycles. The minimum absolute atomic E-state index is 0.362. The number of nitrogens with zero attached hydrogens (tertiary/aromatic N) is 3. The van der Waals surface area contributed by atoms with Crippen molar-refractivity contribution in [2.75, 3.05) is 0 Å². The molecule has 41 heavy (non-hydrogen) atoms. The highest BCUT2D eigenvalue weighted by atomic mass is 16.2. The lowest BCUT2D eigenvalue weighted by atomic mass is 9.98. The van der Waals surface area contributed by atoms with Crippen LogP contribution in [0, 0.1) is 0 Å². The van der Waals surface area contributed by atoms with Gasteiger partial charge in [-0.2, -0.15) is 0 Å². The van der Waals surface area contributed by atoms with Crippen LogP contribution in [0.25, 0.3) is 55.0 Å². The van der Waals surface area contributed by atoms with Crippen LogP contribution >= 0.6 is 0 Å². The van der Waals surface area contributed by atoms with Crippen molar-refractivity contribution in [2.24, 2.45) is 0 Å². The van der Waals surface area contributed by atoms with E-state index in [0.717, 1.165) is 49.5 Å². The van der Waals surface area contributed by atoms with Crippen LogP contribution in [0.3, 0.4) is 0 Å². The van der Waals surface area contributed by atoms with Crippen LogP contribution in [0.1, 0.15) is 34.6 Å². The Hall–Kier alpha value is -5.42. The number of hydrogen-bond donors (Lipinski definition) is 0. The molecular weight excluding hydrogens is 506 g/mol. The maximum atomic E-state index is 14.3. The van der Waals surface area contributed by atoms with Crippen molar-refractivity contribution in [2.45, 2.75) is 13.8 Å². The fraction of sp³-hybridized carbons (Fsp3) is 0.0556. The summed E-state index contributed by atoms with van der Waals surface area (Å²) in [5.74, 6) is -0.730. The van der Waals surface area contributed by atoms with Gasteiger partial charge in [0.15, 0.2) is 0 Å². The third-order valence-corrected chi connectivity index (χ3v) is 7.88. The number of allylic oxidation sites excluding steroid dienone is 6. The zero-order valence-corrected chi connectivity index (χ0v) is 22.9. The molecule has 0 saturated carbocycles. The highest BCUT2D eigenvalue weighted by molar-refractivity contribution is 6.40. The lowest BCUT2D eigenvalue weighted by Crippen LogP contribution is -2.27. The monoisotopic (exact) mass is 533 g/mol. The summed E-state index contributed by atoms with van der Waals surface area (Å²) >= 11 is 0. The fourth-order valence-electron chi connectivity index (χ4n) is 6.32. The normalized spacial score (nSPS) is 13.9. The van der Waals surface area contributed by atoms with Gasteiger partial charge in [0.05, 0.1) is 33.2 Å². The van der Waals surface area contributed by atoms with E-state index in [9.17, 15) is 9.59 Å². The summed E-state index contributed by atoms with van der Waals surface area (Å²) in [6.07, 6.45) is 7.66. The van der Waals surface area contributed by atoms with E-state index in [-0.39, 0.29) is 11.8 Å². The van der Waals surface area contributed by atoms with Crippen LogP contribution in [-0.4, -0.2) is 25.8 Å². The van der Waals surface area contributed by atoms with Crippen LogP contribution in [-0.2, 0) is 0 Å². The molecule has 4 aromatic carbocycles. The van der Waals surface area contributed by atoms with E-state index >= 15 is 0 Å². The molecule has 0 unspecified atom stereocenters. The topological polar surface area (TPSA) is 47.2 Å². The standard InChI is InChI=1S/C36H27N3O2/c1-5-7-15-23(6-2)38-27-20-13-11-18-25(27)29-30-26-19-12-14-21-28(26)39(24-16-9-8-10-17-24)34(30)32-31(33(29)38)35(40)37(22(3)4)36(32)41/h5-21H,2-3H2,1,4H3/b7-5-,23-15+. The quantitative estimate of drug-likeness (QED) is 0.164. The Kier molecular flexibility index (Phi) is 5.44. The minimum Gasteiger partial charge on any atom is -0.308 e. The van der Waals surface area contributed by atoms with Crippen LogP contribution in [0.5, 0.6) is 0 Å². The third kappa shape index (κ3) is 3.23. The van der Waals surface area contributed by atoms with E-state index in [2.05, 4.69) is 46.6 Å². The number of hydrogen-bond acceptors (Lipinski definition) is 2. The van der Waals surface area contributed by atoms with E-state index in [1.165, 1.54) is 4.90 Å². The van der Waals surface area contributed by atoms with Gasteiger partial charge in [-0.25, -0.2) is 4.90 Å². The first kappa shape index (κ1) is 24.6. The fourth-order valence-corrected chi connectivity index (χ4v) is 6.32. The van der Waals surface area contributed by atoms with Gasteiger partial charge in [0.2, 0.25) is 0 Å². The molecule has 6 aromatic rings. The van der Waals surface area contributed by atoms with Crippen molar-refractivity contribution >= 4 is 61.1 Å². The van der Waals surface area contributed by atoms with Crippen LogP contribution < -0.4 is 0 Å². The Bertz CT molecular complexity index is 2190. The number of para-hydroxylation sites is 3. The Morgan fingerprint density at radius 2 is 1.32 bits per heavy atom. The SMILES string of the molecule is C=C/C(=C\C=C/C)n1c2ccccc2c2c3c4ccccc4n(-c4ccccc4)c3c3c(c21)C(=O)N(C(=C)C)C3=O. The number of aromatic nitrogens is 2. The van der Waals surface area contributed by atoms with Crippen molar-refractivity contribution in [1.29, 1.82) is 0 Å². The molecule has 1 aliphatic rings. The summed E-state index contributed by atoms with van der Waals surface area (Å²) in [7, 11) is 0. The number of carbonyl (C=O) groups excluding carboxylic acids is 2. The van der Waals surface area contributed by atoms with Gasteiger partial charge in [0, 0.05) is 38.6 Å². The summed E-state index contributed by atoms with van der Waals surface area (Å²) in [6.45, 7) is 11.8. The van der Waals surface area contributed by atoms with Gasteiger partial charge in [-0.15, -0.1) is 0 Å². The maximum absolute atomic E-state index is 14.3. The first-order valence-electron chi connectivity index (χ1n) is 13.6. The molecule has 3 heterocycles. The van der Waals surface area contributed by atoms with Crippen molar-refractivity contribution in [3.05, 3.63) is 133 Å².